The molecule has 1 aliphatic rings. The van der Waals surface area contributed by atoms with E-state index < -0.39 is 18.1 Å². The van der Waals surface area contributed by atoms with Crippen LogP contribution in [0.15, 0.2) is 28.7 Å². The Balaban J connectivity index is 2.27. The van der Waals surface area contributed by atoms with Crippen LogP contribution in [-0.4, -0.2) is 12.0 Å². The van der Waals surface area contributed by atoms with Crippen molar-refractivity contribution >= 4 is 27.9 Å². The second-order valence-electron chi connectivity index (χ2n) is 2.83. The molecule has 1 aromatic rings. The fraction of sp³-hybridized carbons (Fsp3) is 0.111. The Labute approximate surface area is 88.4 Å². The molecule has 0 aliphatic carbocycles. The van der Waals surface area contributed by atoms with Gasteiger partial charge in [-0.25, -0.2) is 4.79 Å². The summed E-state index contributed by atoms with van der Waals surface area (Å²) < 4.78 is 5.69. The molecule has 4 nitrogen and oxygen atoms in total. The number of cyclic esters (lactones) is 1. The van der Waals surface area contributed by atoms with Crippen LogP contribution in [0.2, 0.25) is 0 Å². The van der Waals surface area contributed by atoms with E-state index in [0.29, 0.717) is 5.56 Å². The molecule has 5 heteroatoms. The van der Waals surface area contributed by atoms with Crippen LogP contribution in [0.5, 0.6) is 0 Å². The van der Waals surface area contributed by atoms with E-state index in [1.54, 1.807) is 24.3 Å². The molecule has 14 heavy (non-hydrogen) atoms. The minimum absolute atomic E-state index is 0.419. The molecule has 1 heterocycles. The third kappa shape index (κ3) is 1.63. The van der Waals surface area contributed by atoms with Gasteiger partial charge in [-0.05, 0) is 12.1 Å². The minimum Gasteiger partial charge on any atom is -0.431 e. The molecule has 0 spiro atoms. The second kappa shape index (κ2) is 3.42. The summed E-state index contributed by atoms with van der Waals surface area (Å²) in [6.45, 7) is 0. The zero-order valence-electron chi connectivity index (χ0n) is 6.99. The summed E-state index contributed by atoms with van der Waals surface area (Å²) in [5.74, 6) is -0.419. The molecule has 0 bridgehead atoms. The number of benzene rings is 1. The maximum absolute atomic E-state index is 11.2. The molecule has 2 amide bonds. The van der Waals surface area contributed by atoms with Gasteiger partial charge in [-0.15, -0.1) is 0 Å². The number of alkyl carbamates (subject to hydrolysis) is 1. The Morgan fingerprint density at radius 3 is 2.36 bits per heavy atom. The molecule has 1 saturated heterocycles. The number of halogens is 1. The lowest BCUT2D eigenvalue weighted by atomic mass is 10.1. The molecule has 1 aromatic carbocycles. The number of nitrogens with one attached hydrogen (secondary N) is 1. The van der Waals surface area contributed by atoms with Crippen molar-refractivity contribution in [1.29, 1.82) is 0 Å². The lowest BCUT2D eigenvalue weighted by molar-refractivity contribution is -0.123. The molecule has 1 N–H and O–H groups in total. The van der Waals surface area contributed by atoms with Gasteiger partial charge in [0.05, 0.1) is 0 Å². The van der Waals surface area contributed by atoms with Gasteiger partial charge in [-0.2, -0.15) is 0 Å². The Hall–Kier alpha value is -1.36. The van der Waals surface area contributed by atoms with Crippen LogP contribution in [0.3, 0.4) is 0 Å². The number of imide groups is 1. The average Bonchev–Trinajstić information content (AvgIpc) is 2.47. The van der Waals surface area contributed by atoms with E-state index in [0.717, 1.165) is 4.47 Å². The van der Waals surface area contributed by atoms with Crippen molar-refractivity contribution in [3.63, 3.8) is 0 Å². The van der Waals surface area contributed by atoms with Gasteiger partial charge >= 0.3 is 6.09 Å². The summed E-state index contributed by atoms with van der Waals surface area (Å²) in [5, 5.41) is 2.07. The van der Waals surface area contributed by atoms with Crippen LogP contribution in [0.4, 0.5) is 4.79 Å². The largest absolute Gasteiger partial charge is 0.431 e. The van der Waals surface area contributed by atoms with Crippen LogP contribution in [0, 0.1) is 0 Å². The van der Waals surface area contributed by atoms with Gasteiger partial charge in [0, 0.05) is 10.0 Å². The highest BCUT2D eigenvalue weighted by atomic mass is 79.9. The summed E-state index contributed by atoms with van der Waals surface area (Å²) >= 11 is 3.27. The van der Waals surface area contributed by atoms with E-state index in [1.807, 2.05) is 0 Å². The van der Waals surface area contributed by atoms with E-state index in [2.05, 4.69) is 21.2 Å². The van der Waals surface area contributed by atoms with E-state index in [1.165, 1.54) is 0 Å². The highest BCUT2D eigenvalue weighted by molar-refractivity contribution is 9.10. The summed E-state index contributed by atoms with van der Waals surface area (Å²) in [4.78, 5) is 21.9. The molecule has 1 atom stereocenters. The highest BCUT2D eigenvalue weighted by Crippen LogP contribution is 2.23. The quantitative estimate of drug-likeness (QED) is 0.832. The van der Waals surface area contributed by atoms with Crippen LogP contribution in [0.1, 0.15) is 11.7 Å². The first-order chi connectivity index (χ1) is 6.66. The topological polar surface area (TPSA) is 55.4 Å². The molecule has 0 radical (unpaired) electrons. The van der Waals surface area contributed by atoms with Crippen molar-refractivity contribution in [2.45, 2.75) is 6.10 Å². The zero-order chi connectivity index (χ0) is 10.1. The van der Waals surface area contributed by atoms with Crippen molar-refractivity contribution < 1.29 is 14.3 Å². The Kier molecular flexibility index (Phi) is 2.25. The lowest BCUT2D eigenvalue weighted by Crippen LogP contribution is -2.20. The average molecular weight is 256 g/mol. The first kappa shape index (κ1) is 9.21. The van der Waals surface area contributed by atoms with Crippen molar-refractivity contribution in [3.8, 4) is 0 Å². The Morgan fingerprint density at radius 1 is 1.21 bits per heavy atom. The fourth-order valence-electron chi connectivity index (χ4n) is 1.21. The predicted molar refractivity (Wildman–Crippen MR) is 51.5 cm³/mol. The van der Waals surface area contributed by atoms with Crippen molar-refractivity contribution in [2.24, 2.45) is 0 Å². The zero-order valence-corrected chi connectivity index (χ0v) is 8.58. The van der Waals surface area contributed by atoms with Gasteiger partial charge in [-0.1, -0.05) is 28.1 Å². The smallest absolute Gasteiger partial charge is 0.415 e. The third-order valence-corrected chi connectivity index (χ3v) is 2.39. The van der Waals surface area contributed by atoms with Gasteiger partial charge in [0.2, 0.25) is 6.10 Å². The number of hydrogen-bond acceptors (Lipinski definition) is 3. The van der Waals surface area contributed by atoms with Gasteiger partial charge in [0.25, 0.3) is 5.91 Å². The molecule has 0 aromatic heterocycles. The third-order valence-electron chi connectivity index (χ3n) is 1.86. The monoisotopic (exact) mass is 255 g/mol. The highest BCUT2D eigenvalue weighted by Gasteiger charge is 2.33. The van der Waals surface area contributed by atoms with Crippen molar-refractivity contribution in [1.82, 2.24) is 5.32 Å². The van der Waals surface area contributed by atoms with E-state index in [4.69, 9.17) is 4.74 Å². The molecule has 1 fully saturated rings. The summed E-state index contributed by atoms with van der Waals surface area (Å²) in [5.41, 5.74) is 0.663. The molecule has 2 rings (SSSR count). The second-order valence-corrected chi connectivity index (χ2v) is 3.74. The van der Waals surface area contributed by atoms with E-state index >= 15 is 0 Å². The van der Waals surface area contributed by atoms with Crippen molar-refractivity contribution in [2.75, 3.05) is 0 Å². The molecular weight excluding hydrogens is 250 g/mol. The first-order valence-electron chi connectivity index (χ1n) is 3.94. The molecule has 72 valence electrons. The molecule has 1 aliphatic heterocycles. The summed E-state index contributed by atoms with van der Waals surface area (Å²) in [7, 11) is 0. The first-order valence-corrected chi connectivity index (χ1v) is 4.73. The van der Waals surface area contributed by atoms with Crippen LogP contribution < -0.4 is 5.32 Å². The molecular formula is C9H6BrNO3. The van der Waals surface area contributed by atoms with Gasteiger partial charge in [0.1, 0.15) is 0 Å². The number of ether oxygens (including phenoxy) is 1. The standard InChI is InChI=1S/C9H6BrNO3/c10-6-3-1-5(2-4-6)7-8(12)11-9(13)14-7/h1-4,7H,(H,11,12,13). The minimum atomic E-state index is -0.810. The van der Waals surface area contributed by atoms with E-state index in [-0.39, 0.29) is 0 Å². The molecule has 1 unspecified atom stereocenters. The van der Waals surface area contributed by atoms with Crippen LogP contribution >= 0.6 is 15.9 Å². The summed E-state index contributed by atoms with van der Waals surface area (Å²) in [6, 6.07) is 7.03. The maximum Gasteiger partial charge on any atom is 0.415 e. The van der Waals surface area contributed by atoms with Gasteiger partial charge in [0.15, 0.2) is 0 Å². The number of carbonyl (C=O) groups excluding carboxylic acids is 2. The number of amides is 2. The van der Waals surface area contributed by atoms with Gasteiger partial charge < -0.3 is 4.74 Å². The Bertz CT molecular complexity index is 388. The lowest BCUT2D eigenvalue weighted by Gasteiger charge is -2.05. The maximum atomic E-state index is 11.2. The van der Waals surface area contributed by atoms with E-state index in [9.17, 15) is 9.59 Å². The predicted octanol–water partition coefficient (Wildman–Crippen LogP) is 1.76. The van der Waals surface area contributed by atoms with Crippen molar-refractivity contribution in [3.05, 3.63) is 34.3 Å². The number of hydrogen-bond donors (Lipinski definition) is 1. The van der Waals surface area contributed by atoms with Crippen LogP contribution in [0.25, 0.3) is 0 Å². The Morgan fingerprint density at radius 2 is 1.86 bits per heavy atom. The number of carbonyl (C=O) groups is 2. The molecule has 0 saturated carbocycles. The SMILES string of the molecule is O=C1NC(=O)C(c2ccc(Br)cc2)O1. The fourth-order valence-corrected chi connectivity index (χ4v) is 1.48. The number of rotatable bonds is 1. The van der Waals surface area contributed by atoms with Crippen LogP contribution in [-0.2, 0) is 9.53 Å². The summed E-state index contributed by atoms with van der Waals surface area (Å²) in [6.07, 6.45) is -1.50. The normalized spacial score (nSPS) is 20.5. The van der Waals surface area contributed by atoms with Gasteiger partial charge in [-0.3, -0.25) is 10.1 Å².